The third kappa shape index (κ3) is 5.54. The molecule has 0 aliphatic carbocycles. The van der Waals surface area contributed by atoms with Crippen LogP contribution in [0.4, 0.5) is 29.9 Å². The fourth-order valence-corrected chi connectivity index (χ4v) is 2.92. The van der Waals surface area contributed by atoms with Gasteiger partial charge in [-0.05, 0) is 64.5 Å². The normalized spacial score (nSPS) is 10.3. The van der Waals surface area contributed by atoms with Crippen LogP contribution in [0.25, 0.3) is 0 Å². The molecule has 0 radical (unpaired) electrons. The number of amides is 6. The molecular weight excluding hydrogens is 504 g/mol. The predicted octanol–water partition coefficient (Wildman–Crippen LogP) is 3.81. The summed E-state index contributed by atoms with van der Waals surface area (Å²) < 4.78 is 27.9. The minimum absolute atomic E-state index is 0.0103. The molecule has 0 saturated heterocycles. The molecule has 6 amide bonds. The number of rotatable bonds is 4. The van der Waals surface area contributed by atoms with Crippen LogP contribution < -0.4 is 21.3 Å². The molecule has 0 aliphatic heterocycles. The summed E-state index contributed by atoms with van der Waals surface area (Å²) in [6.07, 6.45) is 1.39. The fourth-order valence-electron chi connectivity index (χ4n) is 2.69. The summed E-state index contributed by atoms with van der Waals surface area (Å²) in [5.41, 5.74) is 4.62. The van der Waals surface area contributed by atoms with E-state index in [1.165, 1.54) is 36.5 Å². The van der Waals surface area contributed by atoms with Crippen LogP contribution in [0.2, 0.25) is 0 Å². The van der Waals surface area contributed by atoms with Gasteiger partial charge in [0.2, 0.25) is 0 Å². The van der Waals surface area contributed by atoms with Crippen molar-refractivity contribution in [2.45, 2.75) is 0 Å². The molecule has 168 valence electrons. The number of nitrogens with zero attached hydrogens (tertiary/aromatic N) is 2. The van der Waals surface area contributed by atoms with E-state index in [1.54, 1.807) is 11.4 Å². The van der Waals surface area contributed by atoms with E-state index in [2.05, 4.69) is 26.2 Å². The van der Waals surface area contributed by atoms with E-state index >= 15 is 0 Å². The molecule has 33 heavy (non-hydrogen) atoms. The molecule has 3 rings (SSSR count). The average molecular weight is 518 g/mol. The summed E-state index contributed by atoms with van der Waals surface area (Å²) in [6, 6.07) is 8.95. The molecule has 0 bridgehead atoms. The monoisotopic (exact) mass is 517 g/mol. The first kappa shape index (κ1) is 23.5. The largest absolute Gasteiger partial charge is 0.351 e. The number of pyridine rings is 1. The molecule has 0 fully saturated rings. The van der Waals surface area contributed by atoms with E-state index in [4.69, 9.17) is 5.73 Å². The van der Waals surface area contributed by atoms with E-state index < -0.39 is 41.1 Å². The highest BCUT2D eigenvalue weighted by Crippen LogP contribution is 2.19. The first-order chi connectivity index (χ1) is 15.7. The summed E-state index contributed by atoms with van der Waals surface area (Å²) >= 11 is 3.20. The number of imide groups is 2. The highest BCUT2D eigenvalue weighted by Gasteiger charge is 2.24. The minimum atomic E-state index is -1.27. The topological polar surface area (TPSA) is 134 Å². The second-order valence-corrected chi connectivity index (χ2v) is 7.31. The van der Waals surface area contributed by atoms with Gasteiger partial charge in [-0.25, -0.2) is 28.3 Å². The fraction of sp³-hybridized carbons (Fsp3) is 0. The summed E-state index contributed by atoms with van der Waals surface area (Å²) in [6.45, 7) is 0. The first-order valence-corrected chi connectivity index (χ1v) is 9.88. The Balaban J connectivity index is 1.69. The smallest absolute Gasteiger partial charge is 0.327 e. The van der Waals surface area contributed by atoms with Gasteiger partial charge in [0, 0.05) is 21.9 Å². The molecule has 12 heteroatoms. The summed E-state index contributed by atoms with van der Waals surface area (Å²) in [5, 5.41) is 4.09. The number of anilines is 2. The van der Waals surface area contributed by atoms with E-state index in [-0.39, 0.29) is 17.1 Å². The number of halogens is 3. The second-order valence-electron chi connectivity index (χ2n) is 6.40. The van der Waals surface area contributed by atoms with Gasteiger partial charge in [0.15, 0.2) is 0 Å². The third-order valence-electron chi connectivity index (χ3n) is 4.17. The Kier molecular flexibility index (Phi) is 7.08. The van der Waals surface area contributed by atoms with Gasteiger partial charge in [0.1, 0.15) is 23.0 Å². The lowest BCUT2D eigenvalue weighted by Crippen LogP contribution is -2.41. The first-order valence-electron chi connectivity index (χ1n) is 9.09. The van der Waals surface area contributed by atoms with E-state index in [0.717, 1.165) is 18.2 Å². The molecule has 2 aromatic carbocycles. The number of carbonyl (C=O) groups is 4. The van der Waals surface area contributed by atoms with Crippen LogP contribution in [-0.2, 0) is 0 Å². The predicted molar refractivity (Wildman–Crippen MR) is 118 cm³/mol. The van der Waals surface area contributed by atoms with Crippen molar-refractivity contribution in [3.05, 3.63) is 88.0 Å². The number of primary amides is 1. The lowest BCUT2D eigenvalue weighted by atomic mass is 10.1. The van der Waals surface area contributed by atoms with Crippen LogP contribution in [0.1, 0.15) is 20.7 Å². The Bertz CT molecular complexity index is 1220. The number of aromatic nitrogens is 1. The Morgan fingerprint density at radius 1 is 0.939 bits per heavy atom. The standard InChI is InChI=1S/C21H14BrF2N5O4/c22-12-6-9-16(26-10-12)29(20(25)32)19(31)11-4-7-13(8-5-11)27-21(33)28-18(30)17-14(23)2-1-3-15(17)24/h1-10H,(H2,25,32)(H2,27,28,30,33). The SMILES string of the molecule is NC(=O)N(C(=O)c1ccc(NC(=O)NC(=O)c2c(F)cccc2F)cc1)c1ccc(Br)cn1. The second kappa shape index (κ2) is 9.96. The lowest BCUT2D eigenvalue weighted by Gasteiger charge is -2.17. The maximum atomic E-state index is 13.7. The molecule has 0 aliphatic rings. The minimum Gasteiger partial charge on any atom is -0.351 e. The van der Waals surface area contributed by atoms with Gasteiger partial charge in [-0.1, -0.05) is 6.07 Å². The zero-order valence-electron chi connectivity index (χ0n) is 16.5. The van der Waals surface area contributed by atoms with Crippen molar-refractivity contribution in [3.8, 4) is 0 Å². The zero-order chi connectivity index (χ0) is 24.1. The number of nitrogens with two attached hydrogens (primary N) is 1. The van der Waals surface area contributed by atoms with Crippen molar-refractivity contribution >= 4 is 51.3 Å². The van der Waals surface area contributed by atoms with Crippen molar-refractivity contribution in [1.82, 2.24) is 10.3 Å². The Hall–Kier alpha value is -4.19. The maximum absolute atomic E-state index is 13.7. The quantitative estimate of drug-likeness (QED) is 0.483. The van der Waals surface area contributed by atoms with Crippen molar-refractivity contribution in [2.24, 2.45) is 5.73 Å². The number of urea groups is 2. The average Bonchev–Trinajstić information content (AvgIpc) is 2.75. The van der Waals surface area contributed by atoms with Crippen LogP contribution >= 0.6 is 15.9 Å². The molecule has 4 N–H and O–H groups in total. The molecular formula is C21H14BrF2N5O4. The highest BCUT2D eigenvalue weighted by atomic mass is 79.9. The third-order valence-corrected chi connectivity index (χ3v) is 4.64. The van der Waals surface area contributed by atoms with Crippen molar-refractivity contribution in [2.75, 3.05) is 10.2 Å². The number of carbonyl (C=O) groups excluding carboxylic acids is 4. The molecule has 0 spiro atoms. The van der Waals surface area contributed by atoms with Crippen LogP contribution in [0.15, 0.2) is 65.3 Å². The van der Waals surface area contributed by atoms with Crippen LogP contribution in [0.5, 0.6) is 0 Å². The molecule has 0 unspecified atom stereocenters. The molecule has 0 atom stereocenters. The van der Waals surface area contributed by atoms with Gasteiger partial charge >= 0.3 is 12.1 Å². The Morgan fingerprint density at radius 2 is 1.58 bits per heavy atom. The summed E-state index contributed by atoms with van der Waals surface area (Å²) in [4.78, 5) is 53.2. The van der Waals surface area contributed by atoms with Crippen LogP contribution in [0.3, 0.4) is 0 Å². The Morgan fingerprint density at radius 3 is 2.12 bits per heavy atom. The van der Waals surface area contributed by atoms with E-state index in [9.17, 15) is 28.0 Å². The van der Waals surface area contributed by atoms with E-state index in [1.807, 2.05) is 0 Å². The van der Waals surface area contributed by atoms with Crippen molar-refractivity contribution < 1.29 is 28.0 Å². The van der Waals surface area contributed by atoms with Crippen molar-refractivity contribution in [3.63, 3.8) is 0 Å². The van der Waals surface area contributed by atoms with Crippen LogP contribution in [-0.4, -0.2) is 28.9 Å². The van der Waals surface area contributed by atoms with Crippen molar-refractivity contribution in [1.29, 1.82) is 0 Å². The Labute approximate surface area is 193 Å². The van der Waals surface area contributed by atoms with Gasteiger partial charge in [0.25, 0.3) is 11.8 Å². The van der Waals surface area contributed by atoms with E-state index in [0.29, 0.717) is 9.37 Å². The zero-order valence-corrected chi connectivity index (χ0v) is 18.1. The molecule has 1 aromatic heterocycles. The summed E-state index contributed by atoms with van der Waals surface area (Å²) in [5.74, 6) is -4.27. The number of benzene rings is 2. The van der Waals surface area contributed by atoms with Gasteiger partial charge in [-0.3, -0.25) is 14.9 Å². The summed E-state index contributed by atoms with van der Waals surface area (Å²) in [7, 11) is 0. The van der Waals surface area contributed by atoms with Crippen LogP contribution in [0, 0.1) is 11.6 Å². The lowest BCUT2D eigenvalue weighted by molar-refractivity contribution is 0.0956. The molecule has 3 aromatic rings. The number of nitrogens with one attached hydrogen (secondary N) is 2. The number of hydrogen-bond acceptors (Lipinski definition) is 5. The molecule has 1 heterocycles. The highest BCUT2D eigenvalue weighted by molar-refractivity contribution is 9.10. The van der Waals surface area contributed by atoms with Gasteiger partial charge in [-0.2, -0.15) is 0 Å². The molecule has 0 saturated carbocycles. The maximum Gasteiger partial charge on any atom is 0.327 e. The van der Waals surface area contributed by atoms with Gasteiger partial charge < -0.3 is 11.1 Å². The molecule has 9 nitrogen and oxygen atoms in total. The van der Waals surface area contributed by atoms with Gasteiger partial charge in [0.05, 0.1) is 0 Å². The van der Waals surface area contributed by atoms with Gasteiger partial charge in [-0.15, -0.1) is 0 Å². The number of hydrogen-bond donors (Lipinski definition) is 3.